The fourth-order valence-electron chi connectivity index (χ4n) is 3.07. The molecule has 0 bridgehead atoms. The number of benzene rings is 1. The molecule has 136 valence electrons. The molecule has 1 aliphatic heterocycles. The number of carboxylic acid groups (broad SMARTS) is 1. The molecule has 1 heterocycles. The molecule has 0 saturated carbocycles. The number of rotatable bonds is 6. The van der Waals surface area contributed by atoms with E-state index >= 15 is 0 Å². The zero-order valence-corrected chi connectivity index (χ0v) is 14.8. The highest BCUT2D eigenvalue weighted by Crippen LogP contribution is 2.20. The van der Waals surface area contributed by atoms with E-state index in [1.54, 1.807) is 29.2 Å². The molecule has 2 N–H and O–H groups in total. The summed E-state index contributed by atoms with van der Waals surface area (Å²) in [4.78, 5) is 38.2. The molecule has 0 spiro atoms. The summed E-state index contributed by atoms with van der Waals surface area (Å²) in [6.45, 7) is 4.64. The summed E-state index contributed by atoms with van der Waals surface area (Å²) in [6.07, 6.45) is 1.99. The van der Waals surface area contributed by atoms with Gasteiger partial charge in [-0.2, -0.15) is 0 Å². The van der Waals surface area contributed by atoms with E-state index in [4.69, 9.17) is 0 Å². The number of carbonyl (C=O) groups is 3. The Balaban J connectivity index is 2.12. The van der Waals surface area contributed by atoms with E-state index in [-0.39, 0.29) is 24.3 Å². The third-order valence-electron chi connectivity index (χ3n) is 4.88. The Labute approximate surface area is 148 Å². The van der Waals surface area contributed by atoms with Crippen molar-refractivity contribution in [3.63, 3.8) is 0 Å². The number of carboxylic acids is 1. The normalized spacial score (nSPS) is 19.8. The molecule has 1 aromatic rings. The molecule has 1 saturated heterocycles. The van der Waals surface area contributed by atoms with Gasteiger partial charge in [-0.25, -0.2) is 0 Å². The van der Waals surface area contributed by atoms with Crippen LogP contribution < -0.4 is 5.32 Å². The van der Waals surface area contributed by atoms with E-state index in [0.29, 0.717) is 24.9 Å². The summed E-state index contributed by atoms with van der Waals surface area (Å²) in [6, 6.07) is 8.14. The summed E-state index contributed by atoms with van der Waals surface area (Å²) >= 11 is 0. The molecule has 25 heavy (non-hydrogen) atoms. The first-order valence-electron chi connectivity index (χ1n) is 8.81. The fraction of sp³-hybridized carbons (Fsp3) is 0.526. The van der Waals surface area contributed by atoms with Crippen LogP contribution in [0.25, 0.3) is 0 Å². The van der Waals surface area contributed by atoms with Gasteiger partial charge >= 0.3 is 5.97 Å². The molecule has 1 aromatic carbocycles. The van der Waals surface area contributed by atoms with Crippen molar-refractivity contribution < 1.29 is 19.5 Å². The maximum Gasteiger partial charge on any atom is 0.308 e. The van der Waals surface area contributed by atoms with E-state index < -0.39 is 17.9 Å². The van der Waals surface area contributed by atoms with E-state index in [2.05, 4.69) is 5.32 Å². The van der Waals surface area contributed by atoms with Crippen molar-refractivity contribution in [2.45, 2.75) is 39.2 Å². The largest absolute Gasteiger partial charge is 0.481 e. The van der Waals surface area contributed by atoms with Crippen LogP contribution in [0.15, 0.2) is 30.3 Å². The summed E-state index contributed by atoms with van der Waals surface area (Å²) < 4.78 is 0. The van der Waals surface area contributed by atoms with Gasteiger partial charge in [0.25, 0.3) is 5.91 Å². The standard InChI is InChI=1S/C19H26N2O4/c1-3-13(2)16(20-17(22)14-8-5-4-6-9-14)18(23)21-11-7-10-15(12-21)19(24)25/h4-6,8-9,13,15-16H,3,7,10-12H2,1-2H3,(H,20,22)(H,24,25). The third-order valence-corrected chi connectivity index (χ3v) is 4.88. The van der Waals surface area contributed by atoms with E-state index in [1.165, 1.54) is 0 Å². The minimum atomic E-state index is -0.870. The highest BCUT2D eigenvalue weighted by molar-refractivity contribution is 5.97. The van der Waals surface area contributed by atoms with Gasteiger partial charge in [-0.3, -0.25) is 14.4 Å². The number of nitrogens with zero attached hydrogens (tertiary/aromatic N) is 1. The molecule has 2 rings (SSSR count). The van der Waals surface area contributed by atoms with Crippen LogP contribution in [0.4, 0.5) is 0 Å². The minimum Gasteiger partial charge on any atom is -0.481 e. The Morgan fingerprint density at radius 2 is 1.96 bits per heavy atom. The number of piperidine rings is 1. The van der Waals surface area contributed by atoms with Crippen LogP contribution >= 0.6 is 0 Å². The van der Waals surface area contributed by atoms with Gasteiger partial charge < -0.3 is 15.3 Å². The Bertz CT molecular complexity index is 617. The summed E-state index contributed by atoms with van der Waals surface area (Å²) in [5.74, 6) is -1.91. The van der Waals surface area contributed by atoms with Crippen molar-refractivity contribution in [3.05, 3.63) is 35.9 Å². The molecule has 0 aromatic heterocycles. The molecule has 1 fully saturated rings. The van der Waals surface area contributed by atoms with Crippen molar-refractivity contribution in [2.24, 2.45) is 11.8 Å². The molecule has 6 heteroatoms. The van der Waals surface area contributed by atoms with Crippen LogP contribution in [0, 0.1) is 11.8 Å². The van der Waals surface area contributed by atoms with Crippen molar-refractivity contribution >= 4 is 17.8 Å². The van der Waals surface area contributed by atoms with Gasteiger partial charge in [0.15, 0.2) is 0 Å². The number of hydrogen-bond donors (Lipinski definition) is 2. The van der Waals surface area contributed by atoms with Crippen molar-refractivity contribution in [3.8, 4) is 0 Å². The van der Waals surface area contributed by atoms with Gasteiger partial charge in [-0.15, -0.1) is 0 Å². The minimum absolute atomic E-state index is 0.0367. The van der Waals surface area contributed by atoms with E-state index in [9.17, 15) is 19.5 Å². The number of aliphatic carboxylic acids is 1. The van der Waals surface area contributed by atoms with Gasteiger partial charge in [0.1, 0.15) is 6.04 Å². The number of hydrogen-bond acceptors (Lipinski definition) is 3. The Morgan fingerprint density at radius 3 is 2.56 bits per heavy atom. The average Bonchev–Trinajstić information content (AvgIpc) is 2.65. The first-order valence-corrected chi connectivity index (χ1v) is 8.81. The van der Waals surface area contributed by atoms with Crippen LogP contribution in [0.3, 0.4) is 0 Å². The van der Waals surface area contributed by atoms with Gasteiger partial charge in [0.2, 0.25) is 5.91 Å². The van der Waals surface area contributed by atoms with E-state index in [0.717, 1.165) is 6.42 Å². The van der Waals surface area contributed by atoms with Crippen LogP contribution in [0.5, 0.6) is 0 Å². The average molecular weight is 346 g/mol. The summed E-state index contributed by atoms with van der Waals surface area (Å²) in [7, 11) is 0. The Morgan fingerprint density at radius 1 is 1.28 bits per heavy atom. The van der Waals surface area contributed by atoms with Crippen LogP contribution in [0.2, 0.25) is 0 Å². The highest BCUT2D eigenvalue weighted by Gasteiger charge is 2.34. The number of nitrogens with one attached hydrogen (secondary N) is 1. The number of amides is 2. The van der Waals surface area contributed by atoms with Crippen molar-refractivity contribution in [1.82, 2.24) is 10.2 Å². The molecule has 3 unspecified atom stereocenters. The molecule has 0 radical (unpaired) electrons. The lowest BCUT2D eigenvalue weighted by molar-refractivity contribution is -0.146. The molecule has 2 amide bonds. The van der Waals surface area contributed by atoms with Crippen LogP contribution in [0.1, 0.15) is 43.5 Å². The lowest BCUT2D eigenvalue weighted by atomic mass is 9.94. The quantitative estimate of drug-likeness (QED) is 0.826. The second-order valence-electron chi connectivity index (χ2n) is 6.66. The van der Waals surface area contributed by atoms with Gasteiger partial charge in [0, 0.05) is 18.7 Å². The lowest BCUT2D eigenvalue weighted by Gasteiger charge is -2.35. The van der Waals surface area contributed by atoms with Gasteiger partial charge in [-0.05, 0) is 30.9 Å². The molecule has 6 nitrogen and oxygen atoms in total. The topological polar surface area (TPSA) is 86.7 Å². The lowest BCUT2D eigenvalue weighted by Crippen LogP contribution is -2.54. The molecule has 1 aliphatic rings. The maximum absolute atomic E-state index is 13.0. The first kappa shape index (κ1) is 19.0. The zero-order chi connectivity index (χ0) is 18.4. The second-order valence-corrected chi connectivity index (χ2v) is 6.66. The van der Waals surface area contributed by atoms with Crippen molar-refractivity contribution in [2.75, 3.05) is 13.1 Å². The summed E-state index contributed by atoms with van der Waals surface area (Å²) in [5.41, 5.74) is 0.505. The number of likely N-dealkylation sites (tertiary alicyclic amines) is 1. The van der Waals surface area contributed by atoms with E-state index in [1.807, 2.05) is 19.9 Å². The predicted molar refractivity (Wildman–Crippen MR) is 94.1 cm³/mol. The number of carbonyl (C=O) groups excluding carboxylic acids is 2. The highest BCUT2D eigenvalue weighted by atomic mass is 16.4. The molecular formula is C19H26N2O4. The van der Waals surface area contributed by atoms with Crippen molar-refractivity contribution in [1.29, 1.82) is 0 Å². The summed E-state index contributed by atoms with van der Waals surface area (Å²) in [5, 5.41) is 12.1. The Kier molecular flexibility index (Phi) is 6.56. The monoisotopic (exact) mass is 346 g/mol. The fourth-order valence-corrected chi connectivity index (χ4v) is 3.07. The van der Waals surface area contributed by atoms with Gasteiger partial charge in [-0.1, -0.05) is 38.5 Å². The molecule has 3 atom stereocenters. The molecular weight excluding hydrogens is 320 g/mol. The first-order chi connectivity index (χ1) is 11.9. The zero-order valence-electron chi connectivity index (χ0n) is 14.8. The van der Waals surface area contributed by atoms with Crippen LogP contribution in [-0.2, 0) is 9.59 Å². The third kappa shape index (κ3) is 4.81. The maximum atomic E-state index is 13.0. The predicted octanol–water partition coefficient (Wildman–Crippen LogP) is 2.15. The second kappa shape index (κ2) is 8.65. The Hall–Kier alpha value is -2.37. The van der Waals surface area contributed by atoms with Gasteiger partial charge in [0.05, 0.1) is 5.92 Å². The SMILES string of the molecule is CCC(C)C(NC(=O)c1ccccc1)C(=O)N1CCCC(C(=O)O)C1. The molecule has 0 aliphatic carbocycles. The van der Waals surface area contributed by atoms with Crippen LogP contribution in [-0.4, -0.2) is 46.9 Å². The smallest absolute Gasteiger partial charge is 0.308 e.